The zero-order chi connectivity index (χ0) is 12.0. The maximum absolute atomic E-state index is 11.6. The van der Waals surface area contributed by atoms with Crippen molar-refractivity contribution in [1.29, 1.82) is 0 Å². The van der Waals surface area contributed by atoms with Crippen molar-refractivity contribution in [1.82, 2.24) is 10.2 Å². The van der Waals surface area contributed by atoms with Gasteiger partial charge in [-0.15, -0.1) is 0 Å². The zero-order valence-electron chi connectivity index (χ0n) is 10.7. The molecule has 1 aliphatic carbocycles. The van der Waals surface area contributed by atoms with E-state index in [2.05, 4.69) is 5.32 Å². The summed E-state index contributed by atoms with van der Waals surface area (Å²) in [5.41, 5.74) is 0. The number of carbonyl (C=O) groups is 1. The van der Waals surface area contributed by atoms with Crippen LogP contribution < -0.4 is 5.32 Å². The maximum Gasteiger partial charge on any atom is 0.236 e. The van der Waals surface area contributed by atoms with Gasteiger partial charge < -0.3 is 15.0 Å². The first-order valence-corrected chi connectivity index (χ1v) is 6.14. The van der Waals surface area contributed by atoms with E-state index >= 15 is 0 Å². The van der Waals surface area contributed by atoms with Crippen LogP contribution >= 0.6 is 0 Å². The smallest absolute Gasteiger partial charge is 0.236 e. The Morgan fingerprint density at radius 1 is 1.50 bits per heavy atom. The molecule has 1 amide bonds. The largest absolute Gasteiger partial charge is 0.379 e. The van der Waals surface area contributed by atoms with Crippen LogP contribution in [0.15, 0.2) is 0 Å². The summed E-state index contributed by atoms with van der Waals surface area (Å²) in [6.45, 7) is 6.69. The molecule has 1 fully saturated rings. The molecular formula is C12H24N2O2. The Morgan fingerprint density at radius 3 is 2.75 bits per heavy atom. The third-order valence-corrected chi connectivity index (χ3v) is 2.71. The number of rotatable bonds is 8. The molecule has 0 saturated heterocycles. The van der Waals surface area contributed by atoms with E-state index in [1.54, 1.807) is 4.90 Å². The van der Waals surface area contributed by atoms with E-state index in [1.807, 2.05) is 20.9 Å². The fourth-order valence-corrected chi connectivity index (χ4v) is 1.29. The van der Waals surface area contributed by atoms with Gasteiger partial charge in [0.2, 0.25) is 5.91 Å². The van der Waals surface area contributed by atoms with E-state index in [0.717, 1.165) is 12.5 Å². The standard InChI is InChI=1S/C12H24N2O2/c1-10(2)13-8-12(15)14(3)6-7-16-9-11-4-5-11/h10-11,13H,4-9H2,1-3H3. The van der Waals surface area contributed by atoms with Gasteiger partial charge in [-0.3, -0.25) is 4.79 Å². The lowest BCUT2D eigenvalue weighted by molar-refractivity contribution is -0.129. The molecule has 1 aliphatic rings. The van der Waals surface area contributed by atoms with Gasteiger partial charge in [-0.2, -0.15) is 0 Å². The normalized spacial score (nSPS) is 15.5. The molecule has 0 spiro atoms. The van der Waals surface area contributed by atoms with Crippen LogP contribution in [-0.4, -0.2) is 50.2 Å². The van der Waals surface area contributed by atoms with Crippen molar-refractivity contribution in [2.45, 2.75) is 32.7 Å². The van der Waals surface area contributed by atoms with Gasteiger partial charge in [-0.25, -0.2) is 0 Å². The summed E-state index contributed by atoms with van der Waals surface area (Å²) >= 11 is 0. The second-order valence-corrected chi connectivity index (χ2v) is 4.87. The molecule has 94 valence electrons. The molecule has 1 rings (SSSR count). The number of nitrogens with zero attached hydrogens (tertiary/aromatic N) is 1. The molecule has 0 radical (unpaired) electrons. The number of nitrogens with one attached hydrogen (secondary N) is 1. The summed E-state index contributed by atoms with van der Waals surface area (Å²) in [4.78, 5) is 13.3. The summed E-state index contributed by atoms with van der Waals surface area (Å²) in [6, 6.07) is 0.350. The molecule has 4 nitrogen and oxygen atoms in total. The minimum atomic E-state index is 0.128. The lowest BCUT2D eigenvalue weighted by Crippen LogP contribution is -2.39. The Balaban J connectivity index is 1.98. The van der Waals surface area contributed by atoms with Gasteiger partial charge in [-0.1, -0.05) is 13.8 Å². The second kappa shape index (κ2) is 6.86. The first-order chi connectivity index (χ1) is 7.59. The van der Waals surface area contributed by atoms with Gasteiger partial charge in [0.05, 0.1) is 13.2 Å². The van der Waals surface area contributed by atoms with Crippen molar-refractivity contribution in [3.8, 4) is 0 Å². The third kappa shape index (κ3) is 6.08. The average Bonchev–Trinajstić information content (AvgIpc) is 3.04. The Labute approximate surface area is 98.3 Å². The van der Waals surface area contributed by atoms with Crippen molar-refractivity contribution in [2.24, 2.45) is 5.92 Å². The molecule has 4 heteroatoms. The molecule has 1 N–H and O–H groups in total. The molecule has 0 aromatic rings. The molecule has 1 saturated carbocycles. The van der Waals surface area contributed by atoms with Gasteiger partial charge in [0, 0.05) is 26.2 Å². The van der Waals surface area contributed by atoms with Crippen molar-refractivity contribution in [3.05, 3.63) is 0 Å². The lowest BCUT2D eigenvalue weighted by Gasteiger charge is -2.18. The first kappa shape index (κ1) is 13.5. The number of ether oxygens (including phenoxy) is 1. The third-order valence-electron chi connectivity index (χ3n) is 2.71. The Morgan fingerprint density at radius 2 is 2.19 bits per heavy atom. The second-order valence-electron chi connectivity index (χ2n) is 4.87. The van der Waals surface area contributed by atoms with Gasteiger partial charge in [0.15, 0.2) is 0 Å². The molecular weight excluding hydrogens is 204 g/mol. The monoisotopic (exact) mass is 228 g/mol. The minimum absolute atomic E-state index is 0.128. The Hall–Kier alpha value is -0.610. The summed E-state index contributed by atoms with van der Waals surface area (Å²) < 4.78 is 5.49. The lowest BCUT2D eigenvalue weighted by atomic mass is 10.4. The Kier molecular flexibility index (Phi) is 5.77. The zero-order valence-corrected chi connectivity index (χ0v) is 10.7. The number of hydrogen-bond acceptors (Lipinski definition) is 3. The minimum Gasteiger partial charge on any atom is -0.379 e. The quantitative estimate of drug-likeness (QED) is 0.627. The summed E-state index contributed by atoms with van der Waals surface area (Å²) in [5.74, 6) is 0.923. The van der Waals surface area contributed by atoms with Gasteiger partial charge >= 0.3 is 0 Å². The maximum atomic E-state index is 11.6. The van der Waals surface area contributed by atoms with Crippen molar-refractivity contribution in [2.75, 3.05) is 33.4 Å². The number of hydrogen-bond donors (Lipinski definition) is 1. The van der Waals surface area contributed by atoms with Gasteiger partial charge in [0.1, 0.15) is 0 Å². The molecule has 0 aromatic carbocycles. The van der Waals surface area contributed by atoms with E-state index in [4.69, 9.17) is 4.74 Å². The van der Waals surface area contributed by atoms with Crippen LogP contribution in [-0.2, 0) is 9.53 Å². The topological polar surface area (TPSA) is 41.6 Å². The molecule has 0 atom stereocenters. The van der Waals surface area contributed by atoms with Crippen molar-refractivity contribution < 1.29 is 9.53 Å². The van der Waals surface area contributed by atoms with E-state index in [1.165, 1.54) is 12.8 Å². The molecule has 0 heterocycles. The van der Waals surface area contributed by atoms with Crippen LogP contribution in [0, 0.1) is 5.92 Å². The van der Waals surface area contributed by atoms with Crippen LogP contribution in [0.1, 0.15) is 26.7 Å². The van der Waals surface area contributed by atoms with E-state index in [-0.39, 0.29) is 5.91 Å². The summed E-state index contributed by atoms with van der Waals surface area (Å²) in [5, 5.41) is 3.11. The van der Waals surface area contributed by atoms with Crippen LogP contribution in [0.3, 0.4) is 0 Å². The highest BCUT2D eigenvalue weighted by Gasteiger charge is 2.21. The highest BCUT2D eigenvalue weighted by atomic mass is 16.5. The fraction of sp³-hybridized carbons (Fsp3) is 0.917. The molecule has 0 bridgehead atoms. The molecule has 0 aromatic heterocycles. The molecule has 0 aliphatic heterocycles. The van der Waals surface area contributed by atoms with E-state index in [9.17, 15) is 4.79 Å². The summed E-state index contributed by atoms with van der Waals surface area (Å²) in [6.07, 6.45) is 2.63. The number of amides is 1. The number of likely N-dealkylation sites (N-methyl/N-ethyl adjacent to an activating group) is 1. The average molecular weight is 228 g/mol. The summed E-state index contributed by atoms with van der Waals surface area (Å²) in [7, 11) is 1.82. The van der Waals surface area contributed by atoms with Gasteiger partial charge in [0.25, 0.3) is 0 Å². The first-order valence-electron chi connectivity index (χ1n) is 6.14. The fourth-order valence-electron chi connectivity index (χ4n) is 1.29. The highest BCUT2D eigenvalue weighted by Crippen LogP contribution is 2.28. The predicted octanol–water partition coefficient (Wildman–Crippen LogP) is 0.869. The molecule has 0 unspecified atom stereocenters. The number of carbonyl (C=O) groups excluding carboxylic acids is 1. The van der Waals surface area contributed by atoms with Crippen molar-refractivity contribution in [3.63, 3.8) is 0 Å². The highest BCUT2D eigenvalue weighted by molar-refractivity contribution is 5.77. The Bertz CT molecular complexity index is 215. The predicted molar refractivity (Wildman–Crippen MR) is 64.3 cm³/mol. The SMILES string of the molecule is CC(C)NCC(=O)N(C)CCOCC1CC1. The molecule has 16 heavy (non-hydrogen) atoms. The van der Waals surface area contributed by atoms with Crippen LogP contribution in [0.5, 0.6) is 0 Å². The van der Waals surface area contributed by atoms with E-state index < -0.39 is 0 Å². The van der Waals surface area contributed by atoms with Crippen molar-refractivity contribution >= 4 is 5.91 Å². The van der Waals surface area contributed by atoms with Gasteiger partial charge in [-0.05, 0) is 18.8 Å². The van der Waals surface area contributed by atoms with E-state index in [0.29, 0.717) is 25.7 Å². The van der Waals surface area contributed by atoms with Crippen LogP contribution in [0.25, 0.3) is 0 Å². The van der Waals surface area contributed by atoms with Crippen LogP contribution in [0.4, 0.5) is 0 Å². The van der Waals surface area contributed by atoms with Crippen LogP contribution in [0.2, 0.25) is 0 Å².